The summed E-state index contributed by atoms with van der Waals surface area (Å²) in [5.41, 5.74) is 1.60. The molecule has 0 aliphatic carbocycles. The van der Waals surface area contributed by atoms with Crippen molar-refractivity contribution in [1.82, 2.24) is 0 Å². The second-order valence-electron chi connectivity index (χ2n) is 10.5. The van der Waals surface area contributed by atoms with Crippen LogP contribution in [0.15, 0.2) is 48.5 Å². The number of aryl methyl sites for hydroxylation is 1. The summed E-state index contributed by atoms with van der Waals surface area (Å²) in [6.45, 7) is 4.16. The van der Waals surface area contributed by atoms with Gasteiger partial charge in [-0.2, -0.15) is 0 Å². The third-order valence-corrected chi connectivity index (χ3v) is 6.97. The van der Waals surface area contributed by atoms with Crippen LogP contribution in [-0.4, -0.2) is 35.3 Å². The topological polar surface area (TPSA) is 89.9 Å². The summed E-state index contributed by atoms with van der Waals surface area (Å²) < 4.78 is 24.8. The van der Waals surface area contributed by atoms with Gasteiger partial charge in [0.2, 0.25) is 0 Å². The summed E-state index contributed by atoms with van der Waals surface area (Å²) in [5.74, 6) is -2.69. The molecular formula is C33H45FO6. The number of ether oxygens (including phenoxy) is 2. The Morgan fingerprint density at radius 3 is 2.08 bits per heavy atom. The monoisotopic (exact) mass is 556 g/mol. The van der Waals surface area contributed by atoms with Gasteiger partial charge in [-0.3, -0.25) is 0 Å². The Morgan fingerprint density at radius 2 is 1.40 bits per heavy atom. The summed E-state index contributed by atoms with van der Waals surface area (Å²) in [4.78, 5) is 35.6. The maximum atomic E-state index is 14.2. The van der Waals surface area contributed by atoms with Crippen LogP contribution in [0, 0.1) is 0 Å². The van der Waals surface area contributed by atoms with Gasteiger partial charge < -0.3 is 14.6 Å². The molecule has 2 aromatic rings. The highest BCUT2D eigenvalue weighted by Gasteiger charge is 2.22. The van der Waals surface area contributed by atoms with Gasteiger partial charge >= 0.3 is 17.9 Å². The Bertz CT molecular complexity index is 1040. The van der Waals surface area contributed by atoms with Crippen molar-refractivity contribution in [2.75, 3.05) is 0 Å². The first-order chi connectivity index (χ1) is 19.3. The highest BCUT2D eigenvalue weighted by atomic mass is 19.1. The van der Waals surface area contributed by atoms with Gasteiger partial charge in [0.1, 0.15) is 11.3 Å². The van der Waals surface area contributed by atoms with Crippen molar-refractivity contribution in [3.8, 4) is 5.75 Å². The largest absolute Gasteiger partial charge is 0.478 e. The van der Waals surface area contributed by atoms with Crippen LogP contribution in [0.5, 0.6) is 5.75 Å². The summed E-state index contributed by atoms with van der Waals surface area (Å²) in [6, 6.07) is 13.3. The molecule has 7 heteroatoms. The van der Waals surface area contributed by atoms with E-state index >= 15 is 0 Å². The van der Waals surface area contributed by atoms with Crippen molar-refractivity contribution in [1.29, 1.82) is 0 Å². The van der Waals surface area contributed by atoms with E-state index in [2.05, 4.69) is 6.92 Å². The molecule has 0 amide bonds. The molecule has 0 aliphatic heterocycles. The van der Waals surface area contributed by atoms with Gasteiger partial charge in [-0.1, -0.05) is 82.6 Å². The van der Waals surface area contributed by atoms with Crippen LogP contribution in [0.1, 0.15) is 124 Å². The summed E-state index contributed by atoms with van der Waals surface area (Å²) in [5, 5.41) is 9.14. The van der Waals surface area contributed by atoms with E-state index in [1.807, 2.05) is 31.2 Å². The zero-order chi connectivity index (χ0) is 29.2. The second kappa shape index (κ2) is 19.0. The van der Waals surface area contributed by atoms with E-state index in [9.17, 15) is 18.8 Å². The first kappa shape index (κ1) is 33.0. The number of esters is 2. The van der Waals surface area contributed by atoms with Gasteiger partial charge in [-0.15, -0.1) is 0 Å². The van der Waals surface area contributed by atoms with Crippen molar-refractivity contribution >= 4 is 17.9 Å². The average Bonchev–Trinajstić information content (AvgIpc) is 2.94. The Hall–Kier alpha value is -3.22. The molecule has 0 bridgehead atoms. The highest BCUT2D eigenvalue weighted by molar-refractivity contribution is 5.92. The normalized spacial score (nSPS) is 12.5. The number of hydrogen-bond acceptors (Lipinski definition) is 5. The molecule has 2 atom stereocenters. The third-order valence-electron chi connectivity index (χ3n) is 6.97. The van der Waals surface area contributed by atoms with Crippen LogP contribution >= 0.6 is 0 Å². The fraction of sp³-hybridized carbons (Fsp3) is 0.545. The van der Waals surface area contributed by atoms with Crippen LogP contribution in [0.4, 0.5) is 4.39 Å². The van der Waals surface area contributed by atoms with E-state index in [4.69, 9.17) is 14.6 Å². The van der Waals surface area contributed by atoms with Crippen LogP contribution in [0.2, 0.25) is 0 Å². The zero-order valence-corrected chi connectivity index (χ0v) is 24.0. The second-order valence-corrected chi connectivity index (χ2v) is 10.5. The number of halogens is 1. The van der Waals surface area contributed by atoms with Crippen LogP contribution < -0.4 is 4.74 Å². The Kier molecular flexibility index (Phi) is 15.6. The number of para-hydroxylation sites is 1. The molecule has 0 aromatic heterocycles. The molecule has 0 fully saturated rings. The number of carboxylic acid groups (broad SMARTS) is 1. The fourth-order valence-corrected chi connectivity index (χ4v) is 4.53. The number of rotatable bonds is 20. The molecule has 0 heterocycles. The maximum Gasteiger partial charge on any atom is 0.346 e. The van der Waals surface area contributed by atoms with Crippen molar-refractivity contribution in [3.63, 3.8) is 0 Å². The van der Waals surface area contributed by atoms with E-state index in [0.717, 1.165) is 51.4 Å². The highest BCUT2D eigenvalue weighted by Crippen LogP contribution is 2.20. The third kappa shape index (κ3) is 12.8. The molecule has 1 N–H and O–H groups in total. The Balaban J connectivity index is 1.55. The number of carbonyl (C=O) groups is 3. The minimum absolute atomic E-state index is 0.0561. The molecule has 1 unspecified atom stereocenters. The number of aromatic carboxylic acids is 1. The number of hydrogen-bond donors (Lipinski definition) is 1. The number of unbranched alkanes of at least 4 members (excludes halogenated alkanes) is 9. The first-order valence-electron chi connectivity index (χ1n) is 14.8. The molecule has 0 saturated carbocycles. The van der Waals surface area contributed by atoms with Crippen molar-refractivity contribution < 1.29 is 33.4 Å². The van der Waals surface area contributed by atoms with Gasteiger partial charge in [-0.25, -0.2) is 18.8 Å². The van der Waals surface area contributed by atoms with Gasteiger partial charge in [0, 0.05) is 0 Å². The van der Waals surface area contributed by atoms with Crippen molar-refractivity contribution in [3.05, 3.63) is 65.2 Å². The Morgan fingerprint density at radius 1 is 0.800 bits per heavy atom. The smallest absolute Gasteiger partial charge is 0.346 e. The lowest BCUT2D eigenvalue weighted by atomic mass is 10.0. The SMILES string of the molecule is CCCCCCCC(C)OC(=O)c1ccc(CCCCCCCC[C@@H](F)C(=O)Oc2ccccc2C(=O)O)cc1. The predicted octanol–water partition coefficient (Wildman–Crippen LogP) is 8.51. The molecule has 6 nitrogen and oxygen atoms in total. The van der Waals surface area contributed by atoms with E-state index in [-0.39, 0.29) is 29.8 Å². The number of carboxylic acids is 1. The average molecular weight is 557 g/mol. The minimum Gasteiger partial charge on any atom is -0.478 e. The molecule has 0 spiro atoms. The van der Waals surface area contributed by atoms with Crippen LogP contribution in [0.25, 0.3) is 0 Å². The van der Waals surface area contributed by atoms with Gasteiger partial charge in [-0.05, 0) is 75.3 Å². The lowest BCUT2D eigenvalue weighted by molar-refractivity contribution is -0.140. The van der Waals surface area contributed by atoms with E-state index in [1.54, 1.807) is 0 Å². The molecule has 0 aliphatic rings. The summed E-state index contributed by atoms with van der Waals surface area (Å²) >= 11 is 0. The fourth-order valence-electron chi connectivity index (χ4n) is 4.53. The van der Waals surface area contributed by atoms with Gasteiger partial charge in [0.15, 0.2) is 6.17 Å². The predicted molar refractivity (Wildman–Crippen MR) is 155 cm³/mol. The lowest BCUT2D eigenvalue weighted by Gasteiger charge is -2.13. The Labute approximate surface area is 238 Å². The lowest BCUT2D eigenvalue weighted by Crippen LogP contribution is -2.22. The summed E-state index contributed by atoms with van der Waals surface area (Å²) in [6.07, 6.45) is 11.5. The van der Waals surface area contributed by atoms with Gasteiger partial charge in [0.25, 0.3) is 0 Å². The minimum atomic E-state index is -1.78. The standard InChI is InChI=1S/C33H45FO6/c1-3-4-5-8-11-16-25(2)39-32(37)27-23-21-26(22-24-27)17-12-9-6-7-10-13-19-29(34)33(38)40-30-20-15-14-18-28(30)31(35)36/h14-15,18,20-25,29H,3-13,16-17,19H2,1-2H3,(H,35,36)/t25?,29-/m1/s1. The molecule has 0 radical (unpaired) electrons. The zero-order valence-electron chi connectivity index (χ0n) is 24.0. The summed E-state index contributed by atoms with van der Waals surface area (Å²) in [7, 11) is 0. The molecule has 2 aromatic carbocycles. The number of alkyl halides is 1. The molecule has 220 valence electrons. The maximum absolute atomic E-state index is 14.2. The van der Waals surface area contributed by atoms with E-state index in [0.29, 0.717) is 12.0 Å². The van der Waals surface area contributed by atoms with E-state index in [1.165, 1.54) is 55.5 Å². The molecule has 40 heavy (non-hydrogen) atoms. The molecular weight excluding hydrogens is 511 g/mol. The quantitative estimate of drug-likeness (QED) is 0.0999. The number of carbonyl (C=O) groups excluding carboxylic acids is 2. The van der Waals surface area contributed by atoms with E-state index < -0.39 is 18.1 Å². The van der Waals surface area contributed by atoms with Crippen LogP contribution in [0.3, 0.4) is 0 Å². The van der Waals surface area contributed by atoms with Crippen molar-refractivity contribution in [2.24, 2.45) is 0 Å². The first-order valence-corrected chi connectivity index (χ1v) is 14.8. The van der Waals surface area contributed by atoms with Crippen molar-refractivity contribution in [2.45, 2.75) is 116 Å². The van der Waals surface area contributed by atoms with Crippen LogP contribution in [-0.2, 0) is 16.0 Å². The number of benzene rings is 2. The molecule has 0 saturated heterocycles. The molecule has 2 rings (SSSR count). The van der Waals surface area contributed by atoms with Gasteiger partial charge in [0.05, 0.1) is 11.7 Å².